The molecule has 0 aromatic carbocycles. The molecule has 1 saturated heterocycles. The third-order valence-electron chi connectivity index (χ3n) is 1.99. The van der Waals surface area contributed by atoms with Crippen LogP contribution in [-0.2, 0) is 0 Å². The fraction of sp³-hybridized carbons (Fsp3) is 0.571. The van der Waals surface area contributed by atoms with Crippen LogP contribution >= 0.6 is 11.8 Å². The Morgan fingerprint density at radius 1 is 1.67 bits per heavy atom. The van der Waals surface area contributed by atoms with E-state index in [2.05, 4.69) is 33.6 Å². The maximum Gasteiger partial charge on any atom is 0.117 e. The van der Waals surface area contributed by atoms with Crippen LogP contribution in [-0.4, -0.2) is 42.7 Å². The van der Waals surface area contributed by atoms with Gasteiger partial charge in [-0.15, -0.1) is 11.8 Å². The summed E-state index contributed by atoms with van der Waals surface area (Å²) in [5, 5.41) is 5.22. The Balaban J connectivity index is 2.26. The van der Waals surface area contributed by atoms with Crippen molar-refractivity contribution in [1.29, 1.82) is 0 Å². The number of hydrogen-bond acceptors (Lipinski definition) is 5. The molecule has 2 heterocycles. The molecule has 66 valence electrons. The van der Waals surface area contributed by atoms with Crippen LogP contribution in [0.4, 0.5) is 0 Å². The molecular formula is C7H12N4S. The smallest absolute Gasteiger partial charge is 0.117 e. The lowest BCUT2D eigenvalue weighted by atomic mass is 10.4. The van der Waals surface area contributed by atoms with Crippen molar-refractivity contribution in [3.8, 4) is 0 Å². The van der Waals surface area contributed by atoms with Crippen LogP contribution in [0.2, 0.25) is 0 Å². The topological polar surface area (TPSA) is 30.9 Å². The monoisotopic (exact) mass is 184 g/mol. The summed E-state index contributed by atoms with van der Waals surface area (Å²) < 4.78 is 0. The van der Waals surface area contributed by atoms with Crippen molar-refractivity contribution < 1.29 is 0 Å². The number of hydrogen-bond donors (Lipinski definition) is 1. The van der Waals surface area contributed by atoms with Gasteiger partial charge in [0.2, 0.25) is 0 Å². The number of rotatable bonds is 1. The minimum absolute atomic E-state index is 0.949. The molecule has 0 radical (unpaired) electrons. The molecule has 2 aliphatic heterocycles. The van der Waals surface area contributed by atoms with E-state index in [4.69, 9.17) is 0 Å². The van der Waals surface area contributed by atoms with Gasteiger partial charge >= 0.3 is 0 Å². The molecule has 0 spiro atoms. The van der Waals surface area contributed by atoms with Gasteiger partial charge in [-0.25, -0.2) is 0 Å². The Labute approximate surface area is 76.3 Å². The van der Waals surface area contributed by atoms with Crippen molar-refractivity contribution in [2.75, 3.05) is 26.5 Å². The summed E-state index contributed by atoms with van der Waals surface area (Å²) in [5.74, 6) is 0. The summed E-state index contributed by atoms with van der Waals surface area (Å²) in [5.41, 5.74) is 4.34. The molecular weight excluding hydrogens is 172 g/mol. The van der Waals surface area contributed by atoms with Gasteiger partial charge in [0.25, 0.3) is 0 Å². The normalized spacial score (nSPS) is 23.0. The number of nitrogens with one attached hydrogen (secondary N) is 1. The van der Waals surface area contributed by atoms with Crippen molar-refractivity contribution in [2.24, 2.45) is 5.10 Å². The van der Waals surface area contributed by atoms with E-state index < -0.39 is 0 Å². The molecule has 0 atom stereocenters. The average Bonchev–Trinajstić information content (AvgIpc) is 2.44. The molecule has 0 unspecified atom stereocenters. The third-order valence-corrected chi connectivity index (χ3v) is 2.72. The first-order chi connectivity index (χ1) is 5.81. The number of likely N-dealkylation sites (N-methyl/N-ethyl adjacent to an activating group) is 1. The standard InChI is InChI=1S/C7H12N4S/c1-10-3-6-7(12-2)9-8-4-11(6)5-10/h4,9H,3,5H2,1-2H3. The SMILES string of the molecule is CSC1=C2CN(C)CN2C=NN1. The highest BCUT2D eigenvalue weighted by atomic mass is 32.2. The molecule has 0 saturated carbocycles. The number of fused-ring (bicyclic) bond motifs is 1. The fourth-order valence-corrected chi connectivity index (χ4v) is 2.00. The average molecular weight is 184 g/mol. The van der Waals surface area contributed by atoms with E-state index in [-0.39, 0.29) is 0 Å². The van der Waals surface area contributed by atoms with Gasteiger partial charge in [0, 0.05) is 6.54 Å². The molecule has 1 N–H and O–H groups in total. The van der Waals surface area contributed by atoms with Crippen molar-refractivity contribution in [1.82, 2.24) is 15.2 Å². The summed E-state index contributed by atoms with van der Waals surface area (Å²) in [7, 11) is 2.11. The van der Waals surface area contributed by atoms with Crippen LogP contribution < -0.4 is 5.43 Å². The first-order valence-electron chi connectivity index (χ1n) is 3.83. The number of nitrogens with zero attached hydrogens (tertiary/aromatic N) is 3. The van der Waals surface area contributed by atoms with Gasteiger partial charge < -0.3 is 4.90 Å². The Morgan fingerprint density at radius 3 is 3.25 bits per heavy atom. The fourth-order valence-electron chi connectivity index (χ4n) is 1.44. The third kappa shape index (κ3) is 1.19. The zero-order valence-electron chi connectivity index (χ0n) is 7.24. The van der Waals surface area contributed by atoms with Gasteiger partial charge in [-0.3, -0.25) is 10.3 Å². The van der Waals surface area contributed by atoms with Gasteiger partial charge in [0.15, 0.2) is 0 Å². The summed E-state index contributed by atoms with van der Waals surface area (Å²) in [6.07, 6.45) is 3.91. The quantitative estimate of drug-likeness (QED) is 0.634. The van der Waals surface area contributed by atoms with Gasteiger partial charge in [0.05, 0.1) is 12.4 Å². The van der Waals surface area contributed by atoms with Gasteiger partial charge in [-0.2, -0.15) is 5.10 Å². The van der Waals surface area contributed by atoms with E-state index in [1.54, 1.807) is 11.8 Å². The molecule has 0 aliphatic carbocycles. The molecule has 2 aliphatic rings. The van der Waals surface area contributed by atoms with Gasteiger partial charge in [-0.1, -0.05) is 0 Å². The van der Waals surface area contributed by atoms with E-state index in [1.165, 1.54) is 10.7 Å². The molecule has 1 fully saturated rings. The van der Waals surface area contributed by atoms with Gasteiger partial charge in [0.1, 0.15) is 11.4 Å². The van der Waals surface area contributed by atoms with Crippen molar-refractivity contribution in [3.63, 3.8) is 0 Å². The van der Waals surface area contributed by atoms with Crippen LogP contribution in [0.5, 0.6) is 0 Å². The van der Waals surface area contributed by atoms with E-state index in [0.29, 0.717) is 0 Å². The van der Waals surface area contributed by atoms with Crippen LogP contribution in [0.15, 0.2) is 15.8 Å². The molecule has 5 heteroatoms. The van der Waals surface area contributed by atoms with E-state index in [0.717, 1.165) is 13.2 Å². The summed E-state index contributed by atoms with van der Waals surface area (Å²) in [4.78, 5) is 4.42. The zero-order chi connectivity index (χ0) is 8.55. The second kappa shape index (κ2) is 2.99. The summed E-state index contributed by atoms with van der Waals surface area (Å²) >= 11 is 1.71. The lowest BCUT2D eigenvalue weighted by Crippen LogP contribution is -2.26. The minimum Gasteiger partial charge on any atom is -0.317 e. The lowest BCUT2D eigenvalue weighted by molar-refractivity contribution is 0.364. The van der Waals surface area contributed by atoms with Crippen molar-refractivity contribution >= 4 is 18.1 Å². The van der Waals surface area contributed by atoms with Gasteiger partial charge in [-0.05, 0) is 13.3 Å². The first kappa shape index (κ1) is 7.94. The van der Waals surface area contributed by atoms with Crippen LogP contribution in [0.1, 0.15) is 0 Å². The maximum absolute atomic E-state index is 4.05. The molecule has 0 amide bonds. The molecule has 2 rings (SSSR count). The Bertz CT molecular complexity index is 248. The highest BCUT2D eigenvalue weighted by Gasteiger charge is 2.25. The predicted octanol–water partition coefficient (Wildman–Crippen LogP) is 0.270. The summed E-state index contributed by atoms with van der Waals surface area (Å²) in [6.45, 7) is 1.96. The molecule has 0 aromatic rings. The maximum atomic E-state index is 4.05. The Kier molecular flexibility index (Phi) is 1.98. The Hall–Kier alpha value is -0.680. The largest absolute Gasteiger partial charge is 0.317 e. The van der Waals surface area contributed by atoms with Crippen molar-refractivity contribution in [3.05, 3.63) is 10.7 Å². The minimum atomic E-state index is 0.949. The van der Waals surface area contributed by atoms with Crippen molar-refractivity contribution in [2.45, 2.75) is 0 Å². The second-order valence-electron chi connectivity index (χ2n) is 2.96. The highest BCUT2D eigenvalue weighted by molar-refractivity contribution is 8.02. The van der Waals surface area contributed by atoms with Crippen LogP contribution in [0.3, 0.4) is 0 Å². The molecule has 4 nitrogen and oxygen atoms in total. The highest BCUT2D eigenvalue weighted by Crippen LogP contribution is 2.23. The second-order valence-corrected chi connectivity index (χ2v) is 3.78. The molecule has 12 heavy (non-hydrogen) atoms. The van der Waals surface area contributed by atoms with E-state index >= 15 is 0 Å². The van der Waals surface area contributed by atoms with Crippen LogP contribution in [0, 0.1) is 0 Å². The molecule has 0 aromatic heterocycles. The summed E-state index contributed by atoms with van der Waals surface area (Å²) in [6, 6.07) is 0. The van der Waals surface area contributed by atoms with E-state index in [9.17, 15) is 0 Å². The first-order valence-corrected chi connectivity index (χ1v) is 5.05. The number of thioether (sulfide) groups is 1. The zero-order valence-corrected chi connectivity index (χ0v) is 8.06. The van der Waals surface area contributed by atoms with E-state index in [1.807, 2.05) is 6.34 Å². The van der Waals surface area contributed by atoms with Crippen LogP contribution in [0.25, 0.3) is 0 Å². The molecule has 0 bridgehead atoms. The predicted molar refractivity (Wildman–Crippen MR) is 51.5 cm³/mol. The lowest BCUT2D eigenvalue weighted by Gasteiger charge is -2.20. The number of hydrazone groups is 1. The Morgan fingerprint density at radius 2 is 2.50 bits per heavy atom.